The molecule has 4 heteroatoms. The van der Waals surface area contributed by atoms with Gasteiger partial charge in [-0.3, -0.25) is 0 Å². The monoisotopic (exact) mass is 210 g/mol. The van der Waals surface area contributed by atoms with Crippen molar-refractivity contribution < 1.29 is 0 Å². The predicted molar refractivity (Wildman–Crippen MR) is 66.4 cm³/mol. The van der Waals surface area contributed by atoms with Crippen LogP contribution in [-0.2, 0) is 0 Å². The first-order valence-corrected chi connectivity index (χ1v) is 5.53. The summed E-state index contributed by atoms with van der Waals surface area (Å²) in [7, 11) is 1.81. The lowest BCUT2D eigenvalue weighted by Crippen LogP contribution is -2.06. The molecule has 0 atom stereocenters. The van der Waals surface area contributed by atoms with Crippen LogP contribution in [0.25, 0.3) is 0 Å². The van der Waals surface area contributed by atoms with E-state index in [-0.39, 0.29) is 0 Å². The van der Waals surface area contributed by atoms with Gasteiger partial charge in [0.15, 0.2) is 0 Å². The Kier molecular flexibility index (Phi) is 7.32. The minimum atomic E-state index is 0.657. The van der Waals surface area contributed by atoms with Crippen molar-refractivity contribution in [2.45, 2.75) is 34.1 Å². The summed E-state index contributed by atoms with van der Waals surface area (Å²) in [5, 5.41) is 6.15. The standard InChI is InChI=1S/C9H16N4.C2H6/c1-4-5-11-8-7(2)6-12-9(10-3)13-8;1-2/h6H,4-5H2,1-3H3,(H2,10,11,12,13);1-2H3. The van der Waals surface area contributed by atoms with E-state index in [0.29, 0.717) is 5.95 Å². The zero-order valence-electron chi connectivity index (χ0n) is 10.4. The van der Waals surface area contributed by atoms with Gasteiger partial charge >= 0.3 is 0 Å². The molecule has 1 rings (SSSR count). The summed E-state index contributed by atoms with van der Waals surface area (Å²) in [6.45, 7) is 9.07. The average Bonchev–Trinajstić information content (AvgIpc) is 2.31. The van der Waals surface area contributed by atoms with E-state index < -0.39 is 0 Å². The highest BCUT2D eigenvalue weighted by Crippen LogP contribution is 2.11. The molecule has 1 aromatic rings. The topological polar surface area (TPSA) is 49.8 Å². The van der Waals surface area contributed by atoms with Crippen molar-refractivity contribution in [2.75, 3.05) is 24.2 Å². The van der Waals surface area contributed by atoms with E-state index in [1.165, 1.54) is 0 Å². The van der Waals surface area contributed by atoms with Gasteiger partial charge in [0.2, 0.25) is 5.95 Å². The fourth-order valence-electron chi connectivity index (χ4n) is 0.985. The van der Waals surface area contributed by atoms with Gasteiger partial charge in [0.05, 0.1) is 0 Å². The second kappa shape index (κ2) is 8.03. The van der Waals surface area contributed by atoms with Crippen molar-refractivity contribution >= 4 is 11.8 Å². The number of hydrogen-bond acceptors (Lipinski definition) is 4. The van der Waals surface area contributed by atoms with Crippen molar-refractivity contribution in [2.24, 2.45) is 0 Å². The Balaban J connectivity index is 0.000000921. The molecule has 0 radical (unpaired) electrons. The Morgan fingerprint density at radius 3 is 2.53 bits per heavy atom. The number of aromatic nitrogens is 2. The summed E-state index contributed by atoms with van der Waals surface area (Å²) in [5.74, 6) is 1.57. The smallest absolute Gasteiger partial charge is 0.224 e. The number of nitrogens with zero attached hydrogens (tertiary/aromatic N) is 2. The molecule has 0 saturated carbocycles. The first kappa shape index (κ1) is 13.7. The van der Waals surface area contributed by atoms with Crippen LogP contribution in [0.15, 0.2) is 6.20 Å². The van der Waals surface area contributed by atoms with Gasteiger partial charge < -0.3 is 10.6 Å². The molecule has 0 spiro atoms. The zero-order valence-corrected chi connectivity index (χ0v) is 10.4. The molecule has 1 aromatic heterocycles. The average molecular weight is 210 g/mol. The molecule has 2 N–H and O–H groups in total. The van der Waals surface area contributed by atoms with Gasteiger partial charge in [-0.25, -0.2) is 4.98 Å². The van der Waals surface area contributed by atoms with Gasteiger partial charge in [-0.05, 0) is 13.3 Å². The third kappa shape index (κ3) is 4.63. The summed E-state index contributed by atoms with van der Waals surface area (Å²) in [5.41, 5.74) is 1.08. The van der Waals surface area contributed by atoms with Gasteiger partial charge in [0.25, 0.3) is 0 Å². The largest absolute Gasteiger partial charge is 0.370 e. The highest BCUT2D eigenvalue weighted by molar-refractivity contribution is 5.45. The Morgan fingerprint density at radius 1 is 1.33 bits per heavy atom. The Labute approximate surface area is 92.5 Å². The molecule has 1 heterocycles. The molecular weight excluding hydrogens is 188 g/mol. The maximum atomic E-state index is 4.29. The summed E-state index contributed by atoms with van der Waals surface area (Å²) < 4.78 is 0. The third-order valence-electron chi connectivity index (χ3n) is 1.74. The van der Waals surface area contributed by atoms with Gasteiger partial charge in [0, 0.05) is 25.4 Å². The number of rotatable bonds is 4. The van der Waals surface area contributed by atoms with Crippen LogP contribution in [0, 0.1) is 6.92 Å². The van der Waals surface area contributed by atoms with Crippen LogP contribution in [0.2, 0.25) is 0 Å². The SMILES string of the molecule is CC.CCCNc1nc(NC)ncc1C. The van der Waals surface area contributed by atoms with E-state index in [1.54, 1.807) is 0 Å². The number of anilines is 2. The number of hydrogen-bond donors (Lipinski definition) is 2. The molecule has 0 aromatic carbocycles. The highest BCUT2D eigenvalue weighted by atomic mass is 15.1. The van der Waals surface area contributed by atoms with Gasteiger partial charge in [-0.15, -0.1) is 0 Å². The second-order valence-corrected chi connectivity index (χ2v) is 2.90. The third-order valence-corrected chi connectivity index (χ3v) is 1.74. The molecule has 0 aliphatic carbocycles. The summed E-state index contributed by atoms with van der Waals surface area (Å²) in [4.78, 5) is 8.40. The number of nitrogens with one attached hydrogen (secondary N) is 2. The molecule has 0 amide bonds. The maximum absolute atomic E-state index is 4.29. The molecule has 0 aliphatic heterocycles. The van der Waals surface area contributed by atoms with E-state index in [9.17, 15) is 0 Å². The Hall–Kier alpha value is -1.32. The maximum Gasteiger partial charge on any atom is 0.224 e. The lowest BCUT2D eigenvalue weighted by molar-refractivity contribution is 0.960. The zero-order chi connectivity index (χ0) is 11.7. The predicted octanol–water partition coefficient (Wildman–Crippen LogP) is 2.67. The van der Waals surface area contributed by atoms with E-state index >= 15 is 0 Å². The van der Waals surface area contributed by atoms with Crippen LogP contribution in [0.1, 0.15) is 32.8 Å². The number of aryl methyl sites for hydroxylation is 1. The summed E-state index contributed by atoms with van der Waals surface area (Å²) in [6, 6.07) is 0. The summed E-state index contributed by atoms with van der Waals surface area (Å²) in [6.07, 6.45) is 2.91. The van der Waals surface area contributed by atoms with E-state index in [2.05, 4.69) is 27.5 Å². The van der Waals surface area contributed by atoms with Crippen LogP contribution < -0.4 is 10.6 Å². The molecule has 0 bridgehead atoms. The first-order chi connectivity index (χ1) is 7.27. The van der Waals surface area contributed by atoms with Crippen molar-refractivity contribution in [3.05, 3.63) is 11.8 Å². The van der Waals surface area contributed by atoms with Crippen molar-refractivity contribution in [1.29, 1.82) is 0 Å². The van der Waals surface area contributed by atoms with E-state index in [4.69, 9.17) is 0 Å². The molecule has 15 heavy (non-hydrogen) atoms. The van der Waals surface area contributed by atoms with Gasteiger partial charge in [-0.1, -0.05) is 20.8 Å². The van der Waals surface area contributed by atoms with Gasteiger partial charge in [0.1, 0.15) is 5.82 Å². The van der Waals surface area contributed by atoms with Crippen LogP contribution in [0.3, 0.4) is 0 Å². The quantitative estimate of drug-likeness (QED) is 0.802. The van der Waals surface area contributed by atoms with Crippen LogP contribution in [0.5, 0.6) is 0 Å². The van der Waals surface area contributed by atoms with Crippen LogP contribution in [0.4, 0.5) is 11.8 Å². The fourth-order valence-corrected chi connectivity index (χ4v) is 0.985. The Morgan fingerprint density at radius 2 is 2.00 bits per heavy atom. The molecular formula is C11H22N4. The van der Waals surface area contributed by atoms with Crippen molar-refractivity contribution in [1.82, 2.24) is 9.97 Å². The molecule has 0 aliphatic rings. The van der Waals surface area contributed by atoms with Crippen LogP contribution >= 0.6 is 0 Å². The Bertz CT molecular complexity index is 273. The van der Waals surface area contributed by atoms with Crippen molar-refractivity contribution in [3.8, 4) is 0 Å². The molecule has 86 valence electrons. The van der Waals surface area contributed by atoms with E-state index in [1.807, 2.05) is 34.0 Å². The van der Waals surface area contributed by atoms with Crippen molar-refractivity contribution in [3.63, 3.8) is 0 Å². The molecule has 4 nitrogen and oxygen atoms in total. The minimum Gasteiger partial charge on any atom is -0.370 e. The van der Waals surface area contributed by atoms with E-state index in [0.717, 1.165) is 24.3 Å². The molecule has 0 unspecified atom stereocenters. The fraction of sp³-hybridized carbons (Fsp3) is 0.636. The summed E-state index contributed by atoms with van der Waals surface area (Å²) >= 11 is 0. The van der Waals surface area contributed by atoms with Crippen LogP contribution in [-0.4, -0.2) is 23.6 Å². The minimum absolute atomic E-state index is 0.657. The lowest BCUT2D eigenvalue weighted by atomic mass is 10.3. The molecule has 0 saturated heterocycles. The second-order valence-electron chi connectivity index (χ2n) is 2.90. The van der Waals surface area contributed by atoms with Gasteiger partial charge in [-0.2, -0.15) is 4.98 Å². The highest BCUT2D eigenvalue weighted by Gasteiger charge is 2.00. The molecule has 0 fully saturated rings. The first-order valence-electron chi connectivity index (χ1n) is 5.53. The normalized spacial score (nSPS) is 8.87. The lowest BCUT2D eigenvalue weighted by Gasteiger charge is -2.07.